The third-order valence-electron chi connectivity index (χ3n) is 7.68. The van der Waals surface area contributed by atoms with Crippen LogP contribution in [0.15, 0.2) is 72.8 Å². The van der Waals surface area contributed by atoms with E-state index >= 15 is 0 Å². The van der Waals surface area contributed by atoms with Crippen LogP contribution in [-0.4, -0.2) is 33.6 Å². The smallest absolute Gasteiger partial charge is 0.161 e. The Hall–Kier alpha value is -2.62. The molecule has 3 aromatic rings. The lowest BCUT2D eigenvalue weighted by atomic mass is 9.69. The summed E-state index contributed by atoms with van der Waals surface area (Å²) in [7, 11) is 3.47. The number of fused-ring (bicyclic) bond motifs is 1. The highest BCUT2D eigenvalue weighted by molar-refractivity contribution is 5.52. The van der Waals surface area contributed by atoms with Gasteiger partial charge in [-0.1, -0.05) is 66.2 Å². The van der Waals surface area contributed by atoms with Gasteiger partial charge in [-0.25, -0.2) is 0 Å². The predicted molar refractivity (Wildman–Crippen MR) is 135 cm³/mol. The lowest BCUT2D eigenvalue weighted by molar-refractivity contribution is -0.132. The highest BCUT2D eigenvalue weighted by Crippen LogP contribution is 2.46. The molecule has 5 rings (SSSR count). The summed E-state index contributed by atoms with van der Waals surface area (Å²) < 4.78 is 11.0. The van der Waals surface area contributed by atoms with Crippen LogP contribution in [0, 0.1) is 12.8 Å². The number of ether oxygens (including phenoxy) is 2. The molecule has 3 atom stereocenters. The summed E-state index contributed by atoms with van der Waals surface area (Å²) in [6, 6.07) is 27.5. The first-order chi connectivity index (χ1) is 16.2. The van der Waals surface area contributed by atoms with Gasteiger partial charge in [0.15, 0.2) is 6.29 Å². The molecular formula is C30H35NO2. The SMILES string of the molecule is COC(OC)[C@@H]1CCN(c2ccc([C@@H]3c4ccc(C)cc4CC[C@@H]3c3ccccc3)cc2)C1. The molecule has 0 amide bonds. The fourth-order valence-electron chi connectivity index (χ4n) is 6.04. The van der Waals surface area contributed by atoms with E-state index in [2.05, 4.69) is 84.6 Å². The highest BCUT2D eigenvalue weighted by atomic mass is 16.7. The summed E-state index contributed by atoms with van der Waals surface area (Å²) in [6.45, 7) is 4.23. The third-order valence-corrected chi connectivity index (χ3v) is 7.68. The number of rotatable bonds is 6. The van der Waals surface area contributed by atoms with Gasteiger partial charge in [-0.05, 0) is 66.5 Å². The second-order valence-electron chi connectivity index (χ2n) is 9.66. The van der Waals surface area contributed by atoms with E-state index in [-0.39, 0.29) is 6.29 Å². The van der Waals surface area contributed by atoms with Crippen LogP contribution in [0.25, 0.3) is 0 Å². The molecule has 3 nitrogen and oxygen atoms in total. The van der Waals surface area contributed by atoms with Gasteiger partial charge in [0.25, 0.3) is 0 Å². The first kappa shape index (κ1) is 22.2. The molecule has 3 aromatic carbocycles. The zero-order valence-electron chi connectivity index (χ0n) is 20.0. The van der Waals surface area contributed by atoms with Crippen molar-refractivity contribution >= 4 is 5.69 Å². The number of anilines is 1. The van der Waals surface area contributed by atoms with Crippen LogP contribution in [-0.2, 0) is 15.9 Å². The summed E-state index contributed by atoms with van der Waals surface area (Å²) in [6.07, 6.45) is 3.32. The molecular weight excluding hydrogens is 406 g/mol. The van der Waals surface area contributed by atoms with Crippen molar-refractivity contribution in [2.75, 3.05) is 32.2 Å². The Labute approximate surface area is 198 Å². The van der Waals surface area contributed by atoms with Gasteiger partial charge < -0.3 is 14.4 Å². The van der Waals surface area contributed by atoms with E-state index in [4.69, 9.17) is 9.47 Å². The number of hydrogen-bond donors (Lipinski definition) is 0. The van der Waals surface area contributed by atoms with Crippen molar-refractivity contribution in [3.63, 3.8) is 0 Å². The normalized spacial score (nSPS) is 22.5. The Kier molecular flexibility index (Phi) is 6.52. The fraction of sp³-hybridized carbons (Fsp3) is 0.400. The first-order valence-electron chi connectivity index (χ1n) is 12.2. The maximum absolute atomic E-state index is 5.51. The average molecular weight is 442 g/mol. The van der Waals surface area contributed by atoms with Gasteiger partial charge >= 0.3 is 0 Å². The van der Waals surface area contributed by atoms with E-state index in [1.54, 1.807) is 14.2 Å². The van der Waals surface area contributed by atoms with E-state index in [1.807, 2.05) is 0 Å². The summed E-state index contributed by atoms with van der Waals surface area (Å²) >= 11 is 0. The van der Waals surface area contributed by atoms with Crippen molar-refractivity contribution in [1.29, 1.82) is 0 Å². The van der Waals surface area contributed by atoms with Crippen LogP contribution < -0.4 is 4.90 Å². The zero-order valence-corrected chi connectivity index (χ0v) is 20.0. The fourth-order valence-corrected chi connectivity index (χ4v) is 6.04. The Bertz CT molecular complexity index is 1060. The molecule has 1 aliphatic carbocycles. The summed E-state index contributed by atoms with van der Waals surface area (Å²) in [5.74, 6) is 1.31. The van der Waals surface area contributed by atoms with Gasteiger partial charge in [-0.15, -0.1) is 0 Å². The molecule has 0 saturated carbocycles. The van der Waals surface area contributed by atoms with E-state index in [1.165, 1.54) is 39.9 Å². The Morgan fingerprint density at radius 1 is 0.848 bits per heavy atom. The molecule has 0 radical (unpaired) electrons. The molecule has 0 N–H and O–H groups in total. The molecule has 0 spiro atoms. The largest absolute Gasteiger partial charge is 0.371 e. The van der Waals surface area contributed by atoms with Gasteiger partial charge in [0.1, 0.15) is 0 Å². The quantitative estimate of drug-likeness (QED) is 0.419. The maximum Gasteiger partial charge on any atom is 0.161 e. The molecule has 2 aliphatic rings. The number of aryl methyl sites for hydroxylation is 2. The van der Waals surface area contributed by atoms with Crippen LogP contribution in [0.1, 0.15) is 52.5 Å². The predicted octanol–water partition coefficient (Wildman–Crippen LogP) is 6.30. The van der Waals surface area contributed by atoms with Crippen LogP contribution in [0.2, 0.25) is 0 Å². The highest BCUT2D eigenvalue weighted by Gasteiger charge is 2.33. The second kappa shape index (κ2) is 9.70. The molecule has 1 aliphatic heterocycles. The molecule has 1 saturated heterocycles. The minimum atomic E-state index is -0.122. The van der Waals surface area contributed by atoms with Crippen LogP contribution in [0.3, 0.4) is 0 Å². The molecule has 33 heavy (non-hydrogen) atoms. The average Bonchev–Trinajstić information content (AvgIpc) is 3.35. The number of hydrogen-bond acceptors (Lipinski definition) is 3. The first-order valence-corrected chi connectivity index (χ1v) is 12.2. The van der Waals surface area contributed by atoms with Gasteiger partial charge in [-0.3, -0.25) is 0 Å². The van der Waals surface area contributed by atoms with Gasteiger partial charge in [0.05, 0.1) is 0 Å². The molecule has 3 heteroatoms. The van der Waals surface area contributed by atoms with Gasteiger partial charge in [0.2, 0.25) is 0 Å². The molecule has 0 aromatic heterocycles. The lowest BCUT2D eigenvalue weighted by Gasteiger charge is -2.35. The number of benzene rings is 3. The van der Waals surface area contributed by atoms with Crippen LogP contribution in [0.5, 0.6) is 0 Å². The van der Waals surface area contributed by atoms with Crippen molar-refractivity contribution in [2.45, 2.75) is 44.3 Å². The van der Waals surface area contributed by atoms with Crippen molar-refractivity contribution < 1.29 is 9.47 Å². The van der Waals surface area contributed by atoms with Crippen LogP contribution in [0.4, 0.5) is 5.69 Å². The summed E-state index contributed by atoms with van der Waals surface area (Å²) in [5, 5.41) is 0. The number of methoxy groups -OCH3 is 2. The van der Waals surface area contributed by atoms with E-state index < -0.39 is 0 Å². The topological polar surface area (TPSA) is 21.7 Å². The van der Waals surface area contributed by atoms with Gasteiger partial charge in [-0.2, -0.15) is 0 Å². The molecule has 1 heterocycles. The Morgan fingerprint density at radius 3 is 2.33 bits per heavy atom. The van der Waals surface area contributed by atoms with Crippen molar-refractivity contribution in [3.8, 4) is 0 Å². The second-order valence-corrected chi connectivity index (χ2v) is 9.66. The van der Waals surface area contributed by atoms with E-state index in [0.29, 0.717) is 17.8 Å². The van der Waals surface area contributed by atoms with E-state index in [0.717, 1.165) is 25.9 Å². The molecule has 172 valence electrons. The minimum absolute atomic E-state index is 0.122. The summed E-state index contributed by atoms with van der Waals surface area (Å²) in [4.78, 5) is 2.46. The maximum atomic E-state index is 5.51. The molecule has 0 bridgehead atoms. The standard InChI is InChI=1S/C30H35NO2/c1-21-9-15-28-24(19-21)12-16-27(22-7-5-4-6-8-22)29(28)23-10-13-26(14-11-23)31-18-17-25(20-31)30(32-2)33-3/h4-11,13-15,19,25,27,29-30H,12,16-18,20H2,1-3H3/t25-,27-,29+/m1/s1. The third kappa shape index (κ3) is 4.45. The lowest BCUT2D eigenvalue weighted by Crippen LogP contribution is -2.28. The van der Waals surface area contributed by atoms with Crippen LogP contribution >= 0.6 is 0 Å². The monoisotopic (exact) mass is 441 g/mol. The van der Waals surface area contributed by atoms with Crippen molar-refractivity contribution in [3.05, 3.63) is 101 Å². The summed E-state index contributed by atoms with van der Waals surface area (Å²) in [5.41, 5.74) is 8.53. The molecule has 1 fully saturated rings. The van der Waals surface area contributed by atoms with Crippen molar-refractivity contribution in [2.24, 2.45) is 5.92 Å². The van der Waals surface area contributed by atoms with Gasteiger partial charge in [0, 0.05) is 44.8 Å². The Morgan fingerprint density at radius 2 is 1.61 bits per heavy atom. The van der Waals surface area contributed by atoms with Crippen molar-refractivity contribution in [1.82, 2.24) is 0 Å². The minimum Gasteiger partial charge on any atom is -0.371 e. The number of nitrogens with zero attached hydrogens (tertiary/aromatic N) is 1. The Balaban J connectivity index is 1.44. The molecule has 0 unspecified atom stereocenters. The van der Waals surface area contributed by atoms with E-state index in [9.17, 15) is 0 Å². The zero-order chi connectivity index (χ0) is 22.8.